The van der Waals surface area contributed by atoms with Crippen LogP contribution >= 0.6 is 0 Å². The van der Waals surface area contributed by atoms with E-state index in [0.717, 1.165) is 17.6 Å². The first-order valence-corrected chi connectivity index (χ1v) is 14.2. The second-order valence-corrected chi connectivity index (χ2v) is 13.6. The van der Waals surface area contributed by atoms with Gasteiger partial charge in [0.15, 0.2) is 23.3 Å². The van der Waals surface area contributed by atoms with E-state index in [4.69, 9.17) is 14.2 Å². The molecule has 3 fully saturated rings. The summed E-state index contributed by atoms with van der Waals surface area (Å²) in [6, 6.07) is 9.68. The Hall–Kier alpha value is -2.48. The van der Waals surface area contributed by atoms with E-state index in [1.54, 1.807) is 7.05 Å². The molecule has 2 saturated carbocycles. The fourth-order valence-electron chi connectivity index (χ4n) is 8.41. The summed E-state index contributed by atoms with van der Waals surface area (Å²) in [5, 5.41) is 13.1. The first-order valence-electron chi connectivity index (χ1n) is 14.2. The number of hydrogen-bond donors (Lipinski definition) is 1. The summed E-state index contributed by atoms with van der Waals surface area (Å²) in [4.78, 5) is 29.7. The number of aliphatic hydroxyl groups is 1. The number of rotatable bonds is 3. The summed E-state index contributed by atoms with van der Waals surface area (Å²) in [5.74, 6) is -0.908. The number of ether oxygens (including phenoxy) is 3. The SMILES string of the molecule is CC1=C[C@]23C(=O)[C@@H](C=C4COC(C)(C)O[C@H]4[C@]2(O)[C@H]1OC(=O)N(C)Cc1ccccc1)[C@H]1[C@@H](C[C@H]3C)C1(C)C. The molecule has 1 aromatic rings. The number of carbonyl (C=O) groups is 2. The number of hydrogen-bond acceptors (Lipinski definition) is 6. The molecule has 7 nitrogen and oxygen atoms in total. The van der Waals surface area contributed by atoms with Crippen LogP contribution in [0, 0.1) is 34.5 Å². The number of amides is 1. The number of nitrogens with zero attached hydrogens (tertiary/aromatic N) is 1. The van der Waals surface area contributed by atoms with E-state index in [2.05, 4.69) is 20.8 Å². The summed E-state index contributed by atoms with van der Waals surface area (Å²) in [7, 11) is 1.68. The van der Waals surface area contributed by atoms with E-state index in [-0.39, 0.29) is 35.6 Å². The topological polar surface area (TPSA) is 85.3 Å². The lowest BCUT2D eigenvalue weighted by Gasteiger charge is -2.52. The molecular formula is C32H41NO6. The highest BCUT2D eigenvalue weighted by Crippen LogP contribution is 2.72. The van der Waals surface area contributed by atoms with Crippen LogP contribution in [0.15, 0.2) is 53.6 Å². The molecule has 39 heavy (non-hydrogen) atoms. The molecule has 1 spiro atoms. The molecule has 0 aromatic heterocycles. The minimum absolute atomic E-state index is 0.00872. The Morgan fingerprint density at radius 2 is 1.87 bits per heavy atom. The molecule has 1 saturated heterocycles. The number of benzene rings is 1. The zero-order valence-electron chi connectivity index (χ0n) is 24.1. The van der Waals surface area contributed by atoms with Gasteiger partial charge in [-0.15, -0.1) is 0 Å². The van der Waals surface area contributed by atoms with Crippen molar-refractivity contribution in [2.45, 2.75) is 78.1 Å². The van der Waals surface area contributed by atoms with Crippen molar-refractivity contribution < 1.29 is 28.9 Å². The van der Waals surface area contributed by atoms with E-state index in [0.29, 0.717) is 18.0 Å². The van der Waals surface area contributed by atoms with Gasteiger partial charge in [-0.1, -0.05) is 63.3 Å². The standard InChI is InChI=1S/C32H41NO6/c1-18-15-31-19(2)13-23-24(29(23,3)4)22(25(31)34)14-21-17-37-30(5,6)39-27(21)32(31,36)26(18)38-28(35)33(7)16-20-11-9-8-10-12-20/h8-12,14-15,19,22-24,26-27,36H,13,16-17H2,1-7H3/t19-,22+,23-,24+,26+,27-,31+,32-/m1/s1. The lowest BCUT2D eigenvalue weighted by molar-refractivity contribution is -0.303. The van der Waals surface area contributed by atoms with Crippen LogP contribution < -0.4 is 0 Å². The van der Waals surface area contributed by atoms with Gasteiger partial charge < -0.3 is 24.2 Å². The highest BCUT2D eigenvalue weighted by Gasteiger charge is 2.77. The maximum absolute atomic E-state index is 14.8. The molecule has 4 aliphatic carbocycles. The van der Waals surface area contributed by atoms with Gasteiger partial charge in [0.05, 0.1) is 12.0 Å². The maximum atomic E-state index is 14.8. The molecule has 5 aliphatic rings. The van der Waals surface area contributed by atoms with Crippen LogP contribution in [0.3, 0.4) is 0 Å². The molecule has 0 radical (unpaired) electrons. The summed E-state index contributed by atoms with van der Waals surface area (Å²) >= 11 is 0. The van der Waals surface area contributed by atoms with Crippen molar-refractivity contribution in [2.75, 3.05) is 13.7 Å². The smallest absolute Gasteiger partial charge is 0.410 e. The van der Waals surface area contributed by atoms with Crippen molar-refractivity contribution in [1.82, 2.24) is 4.90 Å². The van der Waals surface area contributed by atoms with Gasteiger partial charge in [-0.2, -0.15) is 0 Å². The zero-order valence-corrected chi connectivity index (χ0v) is 24.1. The van der Waals surface area contributed by atoms with Gasteiger partial charge in [-0.05, 0) is 67.1 Å². The normalized spacial score (nSPS) is 41.1. The van der Waals surface area contributed by atoms with Gasteiger partial charge in [-0.3, -0.25) is 4.79 Å². The Bertz CT molecular complexity index is 1270. The largest absolute Gasteiger partial charge is 0.438 e. The lowest BCUT2D eigenvalue weighted by atomic mass is 9.59. The molecule has 8 atom stereocenters. The first kappa shape index (κ1) is 26.7. The van der Waals surface area contributed by atoms with Crippen LogP contribution in [0.1, 0.15) is 53.5 Å². The van der Waals surface area contributed by atoms with Gasteiger partial charge in [0.25, 0.3) is 0 Å². The van der Waals surface area contributed by atoms with E-state index >= 15 is 0 Å². The van der Waals surface area contributed by atoms with Crippen molar-refractivity contribution >= 4 is 11.9 Å². The molecular weight excluding hydrogens is 494 g/mol. The predicted molar refractivity (Wildman–Crippen MR) is 145 cm³/mol. The van der Waals surface area contributed by atoms with Crippen LogP contribution in [0.4, 0.5) is 4.79 Å². The Balaban J connectivity index is 1.43. The molecule has 2 bridgehead atoms. The minimum atomic E-state index is -1.81. The van der Waals surface area contributed by atoms with Gasteiger partial charge in [-0.25, -0.2) is 4.79 Å². The summed E-state index contributed by atoms with van der Waals surface area (Å²) in [6.45, 7) is 12.7. The second-order valence-electron chi connectivity index (χ2n) is 13.6. The summed E-state index contributed by atoms with van der Waals surface area (Å²) < 4.78 is 18.7. The summed E-state index contributed by atoms with van der Waals surface area (Å²) in [6.07, 6.45) is 2.30. The van der Waals surface area contributed by atoms with E-state index < -0.39 is 35.1 Å². The van der Waals surface area contributed by atoms with Crippen LogP contribution in [0.2, 0.25) is 0 Å². The molecule has 7 heteroatoms. The van der Waals surface area contributed by atoms with Crippen LogP contribution in [0.5, 0.6) is 0 Å². The maximum Gasteiger partial charge on any atom is 0.410 e. The van der Waals surface area contributed by atoms with Crippen molar-refractivity contribution in [3.8, 4) is 0 Å². The Kier molecular flexibility index (Phi) is 5.83. The molecule has 1 amide bonds. The second kappa shape index (κ2) is 8.51. The number of carbonyl (C=O) groups excluding carboxylic acids is 2. The van der Waals surface area contributed by atoms with Crippen molar-refractivity contribution in [3.05, 3.63) is 59.2 Å². The molecule has 0 unspecified atom stereocenters. The number of allylic oxidation sites excluding steroid dienone is 1. The van der Waals surface area contributed by atoms with E-state index in [1.807, 2.05) is 63.3 Å². The van der Waals surface area contributed by atoms with Gasteiger partial charge in [0, 0.05) is 19.5 Å². The fourth-order valence-corrected chi connectivity index (χ4v) is 8.41. The van der Waals surface area contributed by atoms with Crippen molar-refractivity contribution in [1.29, 1.82) is 0 Å². The predicted octanol–water partition coefficient (Wildman–Crippen LogP) is 4.89. The number of ketones is 1. The van der Waals surface area contributed by atoms with Gasteiger partial charge in [0.2, 0.25) is 0 Å². The third-order valence-electron chi connectivity index (χ3n) is 10.5. The van der Waals surface area contributed by atoms with Gasteiger partial charge >= 0.3 is 6.09 Å². The summed E-state index contributed by atoms with van der Waals surface area (Å²) in [5.41, 5.74) is -0.595. The highest BCUT2D eigenvalue weighted by atomic mass is 16.7. The van der Waals surface area contributed by atoms with Crippen LogP contribution in [-0.4, -0.2) is 59.1 Å². The molecule has 6 rings (SSSR count). The Morgan fingerprint density at radius 3 is 2.56 bits per heavy atom. The van der Waals surface area contributed by atoms with Crippen LogP contribution in [-0.2, 0) is 25.5 Å². The van der Waals surface area contributed by atoms with Gasteiger partial charge in [0.1, 0.15) is 6.10 Å². The highest BCUT2D eigenvalue weighted by molar-refractivity contribution is 5.95. The average Bonchev–Trinajstić information content (AvgIpc) is 3.37. The van der Waals surface area contributed by atoms with E-state index in [9.17, 15) is 14.7 Å². The van der Waals surface area contributed by atoms with Crippen molar-refractivity contribution in [3.63, 3.8) is 0 Å². The van der Waals surface area contributed by atoms with E-state index in [1.165, 1.54) is 4.90 Å². The Labute approximate surface area is 231 Å². The monoisotopic (exact) mass is 535 g/mol. The molecule has 1 heterocycles. The molecule has 1 aromatic carbocycles. The quantitative estimate of drug-likeness (QED) is 0.555. The minimum Gasteiger partial charge on any atom is -0.438 e. The van der Waals surface area contributed by atoms with Crippen LogP contribution in [0.25, 0.3) is 0 Å². The molecule has 1 aliphatic heterocycles. The lowest BCUT2D eigenvalue weighted by Crippen LogP contribution is -2.68. The van der Waals surface area contributed by atoms with Crippen molar-refractivity contribution in [2.24, 2.45) is 34.5 Å². The third kappa shape index (κ3) is 3.65. The third-order valence-corrected chi connectivity index (χ3v) is 10.5. The zero-order chi connectivity index (χ0) is 28.1. The first-order chi connectivity index (χ1) is 18.2. The molecule has 1 N–H and O–H groups in total. The average molecular weight is 536 g/mol. The Morgan fingerprint density at radius 1 is 1.18 bits per heavy atom. The number of fused-ring (bicyclic) bond motifs is 5. The fraction of sp³-hybridized carbons (Fsp3) is 0.625. The molecule has 210 valence electrons. The number of Topliss-reactive ketones (excluding diaryl/α,β-unsaturated/α-hetero) is 1.